The van der Waals surface area contributed by atoms with Crippen LogP contribution < -0.4 is 5.43 Å². The van der Waals surface area contributed by atoms with Crippen LogP contribution in [0.4, 0.5) is 5.69 Å². The maximum absolute atomic E-state index is 12.7. The van der Waals surface area contributed by atoms with Gasteiger partial charge in [-0.2, -0.15) is 14.7 Å². The van der Waals surface area contributed by atoms with Crippen molar-refractivity contribution in [1.29, 1.82) is 5.26 Å². The lowest BCUT2D eigenvalue weighted by atomic mass is 10.2. The Morgan fingerprint density at radius 3 is 2.52 bits per heavy atom. The molecule has 1 saturated heterocycles. The van der Waals surface area contributed by atoms with Crippen molar-refractivity contribution in [2.75, 3.05) is 31.7 Å². The Labute approximate surface area is 184 Å². The Morgan fingerprint density at radius 2 is 1.84 bits per heavy atom. The normalized spacial score (nSPS) is 15.4. The van der Waals surface area contributed by atoms with Gasteiger partial charge in [-0.3, -0.25) is 5.43 Å². The zero-order chi connectivity index (χ0) is 21.7. The lowest BCUT2D eigenvalue weighted by molar-refractivity contribution is 0.0730. The fraction of sp³-hybridized carbons (Fsp3) is 0.190. The van der Waals surface area contributed by atoms with Crippen LogP contribution in [0.2, 0.25) is 0 Å². The van der Waals surface area contributed by atoms with E-state index in [1.807, 2.05) is 35.7 Å². The number of hydrazone groups is 1. The molecule has 0 saturated carbocycles. The first-order valence-electron chi connectivity index (χ1n) is 9.51. The fourth-order valence-electron chi connectivity index (χ4n) is 3.00. The first kappa shape index (κ1) is 21.1. The van der Waals surface area contributed by atoms with E-state index in [9.17, 15) is 13.7 Å². The number of sulfonamides is 1. The van der Waals surface area contributed by atoms with Crippen LogP contribution in [0.3, 0.4) is 0 Å². The monoisotopic (exact) mass is 453 g/mol. The largest absolute Gasteiger partial charge is 0.379 e. The van der Waals surface area contributed by atoms with E-state index in [1.54, 1.807) is 12.1 Å². The lowest BCUT2D eigenvalue weighted by Crippen LogP contribution is -2.40. The molecule has 0 spiro atoms. The average Bonchev–Trinajstić information content (AvgIpc) is 3.31. The molecule has 0 unspecified atom stereocenters. The fourth-order valence-corrected chi connectivity index (χ4v) is 5.18. The van der Waals surface area contributed by atoms with E-state index in [0.29, 0.717) is 37.0 Å². The van der Waals surface area contributed by atoms with Gasteiger partial charge in [-0.25, -0.2) is 13.4 Å². The number of benzene rings is 2. The van der Waals surface area contributed by atoms with E-state index in [1.165, 1.54) is 27.8 Å². The number of thiazole rings is 1. The van der Waals surface area contributed by atoms with E-state index < -0.39 is 10.0 Å². The minimum atomic E-state index is -3.55. The van der Waals surface area contributed by atoms with E-state index in [2.05, 4.69) is 21.6 Å². The van der Waals surface area contributed by atoms with Crippen LogP contribution in [-0.4, -0.2) is 49.7 Å². The number of hydrogen-bond acceptors (Lipinski definition) is 8. The van der Waals surface area contributed by atoms with Gasteiger partial charge in [0.15, 0.2) is 10.7 Å². The number of nitrogens with one attached hydrogen (secondary N) is 1. The van der Waals surface area contributed by atoms with Gasteiger partial charge in [-0.15, -0.1) is 11.3 Å². The molecule has 1 aromatic heterocycles. The van der Waals surface area contributed by atoms with Gasteiger partial charge < -0.3 is 4.74 Å². The molecular formula is C21H19N5O3S2. The molecule has 2 aromatic carbocycles. The Balaban J connectivity index is 1.47. The molecule has 0 bridgehead atoms. The molecule has 158 valence electrons. The van der Waals surface area contributed by atoms with Crippen LogP contribution in [0.5, 0.6) is 0 Å². The third kappa shape index (κ3) is 4.81. The Morgan fingerprint density at radius 1 is 1.13 bits per heavy atom. The number of anilines is 1. The highest BCUT2D eigenvalue weighted by Gasteiger charge is 2.26. The summed E-state index contributed by atoms with van der Waals surface area (Å²) in [6, 6.07) is 18.0. The van der Waals surface area contributed by atoms with Crippen molar-refractivity contribution in [2.45, 2.75) is 4.90 Å². The third-order valence-corrected chi connectivity index (χ3v) is 7.40. The van der Waals surface area contributed by atoms with Crippen LogP contribution in [0, 0.1) is 11.3 Å². The molecule has 0 amide bonds. The third-order valence-electron chi connectivity index (χ3n) is 4.64. The highest BCUT2D eigenvalue weighted by molar-refractivity contribution is 7.89. The number of hydrogen-bond donors (Lipinski definition) is 1. The van der Waals surface area contributed by atoms with Gasteiger partial charge >= 0.3 is 0 Å². The number of nitrogens with zero attached hydrogens (tertiary/aromatic N) is 4. The van der Waals surface area contributed by atoms with Crippen molar-refractivity contribution in [3.05, 3.63) is 65.0 Å². The number of ether oxygens (including phenoxy) is 1. The summed E-state index contributed by atoms with van der Waals surface area (Å²) in [6.07, 6.45) is 0. The summed E-state index contributed by atoms with van der Waals surface area (Å²) in [5, 5.41) is 16.0. The minimum absolute atomic E-state index is 0.150. The topological polar surface area (TPSA) is 108 Å². The maximum atomic E-state index is 12.7. The maximum Gasteiger partial charge on any atom is 0.243 e. The standard InChI is InChI=1S/C21H19N5O3S2/c22-14-19(21-23-20(15-30-21)16-4-2-1-3-5-16)25-24-17-6-8-18(9-7-17)31(27,28)26-10-12-29-13-11-26/h1-9,15,24H,10-13H2. The van der Waals surface area contributed by atoms with Crippen LogP contribution in [0.15, 0.2) is 70.0 Å². The first-order valence-corrected chi connectivity index (χ1v) is 11.8. The molecule has 1 aliphatic heterocycles. The summed E-state index contributed by atoms with van der Waals surface area (Å²) in [5.41, 5.74) is 5.26. The number of morpholine rings is 1. The molecule has 2 heterocycles. The number of nitriles is 1. The van der Waals surface area contributed by atoms with Gasteiger partial charge in [-0.05, 0) is 24.3 Å². The molecule has 0 aliphatic carbocycles. The SMILES string of the molecule is N#CC(=NNc1ccc(S(=O)(=O)N2CCOCC2)cc1)c1nc(-c2ccccc2)cs1. The van der Waals surface area contributed by atoms with Crippen LogP contribution in [0.1, 0.15) is 5.01 Å². The minimum Gasteiger partial charge on any atom is -0.379 e. The number of aromatic nitrogens is 1. The molecule has 0 atom stereocenters. The highest BCUT2D eigenvalue weighted by Crippen LogP contribution is 2.23. The number of rotatable bonds is 6. The molecule has 10 heteroatoms. The summed E-state index contributed by atoms with van der Waals surface area (Å²) >= 11 is 1.33. The van der Waals surface area contributed by atoms with Crippen molar-refractivity contribution in [3.63, 3.8) is 0 Å². The zero-order valence-corrected chi connectivity index (χ0v) is 18.1. The van der Waals surface area contributed by atoms with E-state index in [0.717, 1.165) is 11.3 Å². The molecule has 4 rings (SSSR count). The van der Waals surface area contributed by atoms with Crippen molar-refractivity contribution in [2.24, 2.45) is 5.10 Å². The predicted octanol–water partition coefficient (Wildman–Crippen LogP) is 3.17. The van der Waals surface area contributed by atoms with E-state index in [4.69, 9.17) is 4.74 Å². The summed E-state index contributed by atoms with van der Waals surface area (Å²) < 4.78 is 32.0. The van der Waals surface area contributed by atoms with Crippen molar-refractivity contribution in [3.8, 4) is 17.3 Å². The molecule has 1 N–H and O–H groups in total. The van der Waals surface area contributed by atoms with Crippen LogP contribution in [0.25, 0.3) is 11.3 Å². The Bertz CT molecular complexity index is 1210. The Hall–Kier alpha value is -3.10. The van der Waals surface area contributed by atoms with Gasteiger partial charge in [0.2, 0.25) is 10.0 Å². The van der Waals surface area contributed by atoms with Gasteiger partial charge in [0.25, 0.3) is 0 Å². The molecule has 31 heavy (non-hydrogen) atoms. The smallest absolute Gasteiger partial charge is 0.243 e. The first-order chi connectivity index (χ1) is 15.1. The van der Waals surface area contributed by atoms with Gasteiger partial charge in [0.1, 0.15) is 6.07 Å². The van der Waals surface area contributed by atoms with Crippen molar-refractivity contribution < 1.29 is 13.2 Å². The molecule has 0 radical (unpaired) electrons. The van der Waals surface area contributed by atoms with Crippen molar-refractivity contribution in [1.82, 2.24) is 9.29 Å². The Kier molecular flexibility index (Phi) is 6.39. The second-order valence-corrected chi connectivity index (χ2v) is 9.42. The average molecular weight is 454 g/mol. The van der Waals surface area contributed by atoms with E-state index in [-0.39, 0.29) is 10.6 Å². The molecular weight excluding hydrogens is 434 g/mol. The zero-order valence-electron chi connectivity index (χ0n) is 16.4. The molecule has 8 nitrogen and oxygen atoms in total. The van der Waals surface area contributed by atoms with Gasteiger partial charge in [0, 0.05) is 24.0 Å². The van der Waals surface area contributed by atoms with Crippen LogP contribution in [-0.2, 0) is 14.8 Å². The summed E-state index contributed by atoms with van der Waals surface area (Å²) in [7, 11) is -3.55. The second kappa shape index (κ2) is 9.36. The summed E-state index contributed by atoms with van der Waals surface area (Å²) in [5.74, 6) is 0. The highest BCUT2D eigenvalue weighted by atomic mass is 32.2. The second-order valence-electron chi connectivity index (χ2n) is 6.63. The molecule has 1 fully saturated rings. The van der Waals surface area contributed by atoms with E-state index >= 15 is 0 Å². The predicted molar refractivity (Wildman–Crippen MR) is 119 cm³/mol. The van der Waals surface area contributed by atoms with Crippen molar-refractivity contribution >= 4 is 32.8 Å². The summed E-state index contributed by atoms with van der Waals surface area (Å²) in [6.45, 7) is 1.48. The lowest BCUT2D eigenvalue weighted by Gasteiger charge is -2.26. The molecule has 3 aromatic rings. The molecule has 1 aliphatic rings. The van der Waals surface area contributed by atoms with Crippen LogP contribution >= 0.6 is 11.3 Å². The quantitative estimate of drug-likeness (QED) is 0.454. The summed E-state index contributed by atoms with van der Waals surface area (Å²) in [4.78, 5) is 4.70. The van der Waals surface area contributed by atoms with Gasteiger partial charge in [0.05, 0.1) is 29.5 Å². The van der Waals surface area contributed by atoms with Gasteiger partial charge in [-0.1, -0.05) is 30.3 Å².